The molecule has 0 bridgehead atoms. The summed E-state index contributed by atoms with van der Waals surface area (Å²) < 4.78 is 31.9. The van der Waals surface area contributed by atoms with Gasteiger partial charge in [0.2, 0.25) is 5.09 Å². The summed E-state index contributed by atoms with van der Waals surface area (Å²) in [5.41, 5.74) is 0. The van der Waals surface area contributed by atoms with Gasteiger partial charge >= 0.3 is 0 Å². The Morgan fingerprint density at radius 1 is 1.29 bits per heavy atom. The molecule has 21 heavy (non-hydrogen) atoms. The van der Waals surface area contributed by atoms with Crippen molar-refractivity contribution in [1.82, 2.24) is 9.62 Å². The summed E-state index contributed by atoms with van der Waals surface area (Å²) in [5, 5.41) is 3.28. The Morgan fingerprint density at radius 3 is 2.57 bits per heavy atom. The highest BCUT2D eigenvalue weighted by molar-refractivity contribution is 7.89. The predicted octanol–water partition coefficient (Wildman–Crippen LogP) is 2.84. The predicted molar refractivity (Wildman–Crippen MR) is 84.6 cm³/mol. The molecule has 6 heteroatoms. The number of nitrogens with one attached hydrogen (secondary N) is 1. The fraction of sp³-hybridized carbons (Fsp3) is 0.733. The first-order valence-corrected chi connectivity index (χ1v) is 9.15. The minimum absolute atomic E-state index is 0.0433. The Morgan fingerprint density at radius 2 is 2.00 bits per heavy atom. The molecule has 5 nitrogen and oxygen atoms in total. The molecule has 0 saturated carbocycles. The van der Waals surface area contributed by atoms with E-state index in [0.29, 0.717) is 31.3 Å². The van der Waals surface area contributed by atoms with Crippen LogP contribution in [-0.2, 0) is 16.6 Å². The number of sulfonamides is 1. The van der Waals surface area contributed by atoms with Gasteiger partial charge in [0.1, 0.15) is 5.76 Å². The largest absolute Gasteiger partial charge is 0.447 e. The van der Waals surface area contributed by atoms with Crippen molar-refractivity contribution in [3.05, 3.63) is 17.9 Å². The molecule has 1 aromatic heterocycles. The van der Waals surface area contributed by atoms with E-state index < -0.39 is 10.0 Å². The van der Waals surface area contributed by atoms with Gasteiger partial charge in [0, 0.05) is 13.1 Å². The van der Waals surface area contributed by atoms with Gasteiger partial charge in [-0.05, 0) is 31.0 Å². The number of furan rings is 1. The molecular weight excluding hydrogens is 288 g/mol. The van der Waals surface area contributed by atoms with Crippen molar-refractivity contribution in [2.24, 2.45) is 5.92 Å². The topological polar surface area (TPSA) is 62.6 Å². The first-order valence-electron chi connectivity index (χ1n) is 7.71. The van der Waals surface area contributed by atoms with Crippen LogP contribution >= 0.6 is 0 Å². The molecule has 0 aliphatic carbocycles. The lowest BCUT2D eigenvalue weighted by Crippen LogP contribution is -2.31. The minimum atomic E-state index is -3.51. The summed E-state index contributed by atoms with van der Waals surface area (Å²) in [4.78, 5) is 0. The molecule has 0 aliphatic rings. The van der Waals surface area contributed by atoms with E-state index in [-0.39, 0.29) is 5.09 Å². The Hall–Kier alpha value is -0.850. The van der Waals surface area contributed by atoms with E-state index in [1.165, 1.54) is 4.31 Å². The third-order valence-electron chi connectivity index (χ3n) is 3.20. The maximum absolute atomic E-state index is 12.5. The normalized spacial score (nSPS) is 12.5. The zero-order valence-electron chi connectivity index (χ0n) is 13.6. The van der Waals surface area contributed by atoms with Gasteiger partial charge in [0.15, 0.2) is 0 Å². The van der Waals surface area contributed by atoms with E-state index >= 15 is 0 Å². The van der Waals surface area contributed by atoms with Gasteiger partial charge < -0.3 is 9.73 Å². The van der Waals surface area contributed by atoms with Gasteiger partial charge in [0.25, 0.3) is 10.0 Å². The van der Waals surface area contributed by atoms with Crippen molar-refractivity contribution in [2.45, 2.75) is 52.2 Å². The molecule has 0 saturated heterocycles. The second kappa shape index (κ2) is 8.56. The van der Waals surface area contributed by atoms with Gasteiger partial charge in [-0.1, -0.05) is 34.1 Å². The molecule has 0 aromatic carbocycles. The van der Waals surface area contributed by atoms with Crippen LogP contribution in [0.2, 0.25) is 0 Å². The Kier molecular flexibility index (Phi) is 7.42. The van der Waals surface area contributed by atoms with Crippen molar-refractivity contribution in [3.63, 3.8) is 0 Å². The second-order valence-electron chi connectivity index (χ2n) is 5.60. The summed E-state index contributed by atoms with van der Waals surface area (Å²) >= 11 is 0. The quantitative estimate of drug-likeness (QED) is 0.721. The van der Waals surface area contributed by atoms with Crippen LogP contribution in [-0.4, -0.2) is 32.4 Å². The van der Waals surface area contributed by atoms with E-state index in [1.54, 1.807) is 12.1 Å². The van der Waals surface area contributed by atoms with Crippen LogP contribution in [0.15, 0.2) is 21.6 Å². The fourth-order valence-electron chi connectivity index (χ4n) is 1.99. The Labute approximate surface area is 128 Å². The van der Waals surface area contributed by atoms with Gasteiger partial charge in [-0.15, -0.1) is 0 Å². The van der Waals surface area contributed by atoms with E-state index in [0.717, 1.165) is 19.4 Å². The van der Waals surface area contributed by atoms with Gasteiger partial charge in [0.05, 0.1) is 6.54 Å². The summed E-state index contributed by atoms with van der Waals surface area (Å²) in [6, 6.07) is 3.28. The van der Waals surface area contributed by atoms with Crippen molar-refractivity contribution < 1.29 is 12.8 Å². The molecule has 0 fully saturated rings. The van der Waals surface area contributed by atoms with Crippen LogP contribution < -0.4 is 5.32 Å². The first kappa shape index (κ1) is 18.2. The van der Waals surface area contributed by atoms with E-state index in [1.807, 2.05) is 13.8 Å². The maximum atomic E-state index is 12.5. The van der Waals surface area contributed by atoms with E-state index in [2.05, 4.69) is 19.2 Å². The lowest BCUT2D eigenvalue weighted by Gasteiger charge is -2.18. The molecule has 1 aromatic rings. The smallest absolute Gasteiger partial charge is 0.276 e. The number of unbranched alkanes of at least 4 members (excludes halogenated alkanes) is 1. The van der Waals surface area contributed by atoms with Crippen LogP contribution in [0, 0.1) is 5.92 Å². The number of hydrogen-bond acceptors (Lipinski definition) is 4. The monoisotopic (exact) mass is 316 g/mol. The van der Waals surface area contributed by atoms with Crippen LogP contribution in [0.5, 0.6) is 0 Å². The average molecular weight is 316 g/mol. The van der Waals surface area contributed by atoms with Crippen LogP contribution in [0.4, 0.5) is 0 Å². The number of rotatable bonds is 10. The maximum Gasteiger partial charge on any atom is 0.276 e. The van der Waals surface area contributed by atoms with Crippen molar-refractivity contribution in [1.29, 1.82) is 0 Å². The van der Waals surface area contributed by atoms with Gasteiger partial charge in [-0.2, -0.15) is 4.31 Å². The first-order chi connectivity index (χ1) is 9.91. The molecule has 122 valence electrons. The van der Waals surface area contributed by atoms with Gasteiger partial charge in [-0.25, -0.2) is 8.42 Å². The highest BCUT2D eigenvalue weighted by Gasteiger charge is 2.25. The Balaban J connectivity index is 2.72. The third-order valence-corrected chi connectivity index (χ3v) is 5.05. The average Bonchev–Trinajstić information content (AvgIpc) is 2.88. The van der Waals surface area contributed by atoms with Crippen molar-refractivity contribution in [3.8, 4) is 0 Å². The molecule has 0 amide bonds. The van der Waals surface area contributed by atoms with Crippen molar-refractivity contribution in [2.75, 3.05) is 19.6 Å². The second-order valence-corrected chi connectivity index (χ2v) is 7.46. The molecule has 0 radical (unpaired) electrons. The highest BCUT2D eigenvalue weighted by Crippen LogP contribution is 2.19. The van der Waals surface area contributed by atoms with Crippen LogP contribution in [0.3, 0.4) is 0 Å². The fourth-order valence-corrected chi connectivity index (χ4v) is 3.40. The van der Waals surface area contributed by atoms with E-state index in [9.17, 15) is 8.42 Å². The zero-order chi connectivity index (χ0) is 15.9. The standard InChI is InChI=1S/C15H28N2O3S/c1-5-7-10-17(6-2)21(18,19)15-9-8-14(20-15)12-16-11-13(3)4/h8-9,13,16H,5-7,10-12H2,1-4H3. The van der Waals surface area contributed by atoms with Crippen molar-refractivity contribution >= 4 is 10.0 Å². The third kappa shape index (κ3) is 5.45. The van der Waals surface area contributed by atoms with Crippen LogP contribution in [0.25, 0.3) is 0 Å². The summed E-state index contributed by atoms with van der Waals surface area (Å²) in [6.07, 6.45) is 1.82. The highest BCUT2D eigenvalue weighted by atomic mass is 32.2. The molecule has 0 spiro atoms. The molecule has 1 N–H and O–H groups in total. The molecule has 0 atom stereocenters. The molecule has 0 unspecified atom stereocenters. The van der Waals surface area contributed by atoms with Gasteiger partial charge in [-0.3, -0.25) is 0 Å². The molecule has 0 aliphatic heterocycles. The lowest BCUT2D eigenvalue weighted by atomic mass is 10.2. The zero-order valence-corrected chi connectivity index (χ0v) is 14.4. The molecule has 1 rings (SSSR count). The summed E-state index contributed by atoms with van der Waals surface area (Å²) in [5.74, 6) is 1.20. The molecule has 1 heterocycles. The summed E-state index contributed by atoms with van der Waals surface area (Å²) in [7, 11) is -3.51. The minimum Gasteiger partial charge on any atom is -0.447 e. The number of nitrogens with zero attached hydrogens (tertiary/aromatic N) is 1. The lowest BCUT2D eigenvalue weighted by molar-refractivity contribution is 0.363. The Bertz CT molecular complexity index is 509. The SMILES string of the molecule is CCCCN(CC)S(=O)(=O)c1ccc(CNCC(C)C)o1. The summed E-state index contributed by atoms with van der Waals surface area (Å²) in [6.45, 7) is 10.6. The van der Waals surface area contributed by atoms with E-state index in [4.69, 9.17) is 4.42 Å². The molecular formula is C15H28N2O3S. The van der Waals surface area contributed by atoms with Crippen LogP contribution in [0.1, 0.15) is 46.3 Å². The number of hydrogen-bond donors (Lipinski definition) is 1.